The van der Waals surface area contributed by atoms with E-state index in [9.17, 15) is 4.39 Å². The lowest BCUT2D eigenvalue weighted by atomic mass is 10.2. The van der Waals surface area contributed by atoms with E-state index in [-0.39, 0.29) is 18.2 Å². The van der Waals surface area contributed by atoms with Crippen molar-refractivity contribution in [3.05, 3.63) is 29.6 Å². The second-order valence-corrected chi connectivity index (χ2v) is 2.50. The highest BCUT2D eigenvalue weighted by Gasteiger charge is 2.02. The SMILES string of the molecule is Cc1c(F)cccc1OCCN.Cl. The maximum atomic E-state index is 12.9. The van der Waals surface area contributed by atoms with Crippen LogP contribution in [0.1, 0.15) is 5.56 Å². The van der Waals surface area contributed by atoms with Gasteiger partial charge in [0.25, 0.3) is 0 Å². The van der Waals surface area contributed by atoms with E-state index < -0.39 is 0 Å². The fourth-order valence-corrected chi connectivity index (χ4v) is 0.913. The third-order valence-corrected chi connectivity index (χ3v) is 1.59. The molecule has 0 aliphatic heterocycles. The van der Waals surface area contributed by atoms with E-state index in [2.05, 4.69) is 0 Å². The molecule has 4 heteroatoms. The number of halogens is 2. The van der Waals surface area contributed by atoms with Gasteiger partial charge in [0.05, 0.1) is 0 Å². The molecule has 2 nitrogen and oxygen atoms in total. The van der Waals surface area contributed by atoms with Gasteiger partial charge in [-0.15, -0.1) is 12.4 Å². The van der Waals surface area contributed by atoms with Crippen LogP contribution >= 0.6 is 12.4 Å². The molecule has 0 heterocycles. The monoisotopic (exact) mass is 205 g/mol. The Balaban J connectivity index is 0.00000144. The van der Waals surface area contributed by atoms with Crippen LogP contribution in [0.15, 0.2) is 18.2 Å². The molecular formula is C9H13ClFNO. The van der Waals surface area contributed by atoms with E-state index in [4.69, 9.17) is 10.5 Å². The zero-order chi connectivity index (χ0) is 8.97. The van der Waals surface area contributed by atoms with Crippen molar-refractivity contribution < 1.29 is 9.13 Å². The van der Waals surface area contributed by atoms with Crippen LogP contribution in [0.25, 0.3) is 0 Å². The van der Waals surface area contributed by atoms with Crippen LogP contribution in [0.5, 0.6) is 5.75 Å². The van der Waals surface area contributed by atoms with E-state index >= 15 is 0 Å². The first-order chi connectivity index (χ1) is 5.75. The first kappa shape index (κ1) is 12.2. The minimum Gasteiger partial charge on any atom is -0.492 e. The highest BCUT2D eigenvalue weighted by atomic mass is 35.5. The summed E-state index contributed by atoms with van der Waals surface area (Å²) < 4.78 is 18.1. The van der Waals surface area contributed by atoms with E-state index in [1.807, 2.05) is 0 Å². The van der Waals surface area contributed by atoms with Crippen molar-refractivity contribution in [3.63, 3.8) is 0 Å². The van der Waals surface area contributed by atoms with Crippen molar-refractivity contribution in [2.24, 2.45) is 5.73 Å². The summed E-state index contributed by atoms with van der Waals surface area (Å²) in [6.45, 7) is 2.54. The Morgan fingerprint density at radius 3 is 2.77 bits per heavy atom. The molecule has 2 N–H and O–H groups in total. The molecule has 0 bridgehead atoms. The van der Waals surface area contributed by atoms with Gasteiger partial charge in [-0.3, -0.25) is 0 Å². The summed E-state index contributed by atoms with van der Waals surface area (Å²) in [6, 6.07) is 4.76. The van der Waals surface area contributed by atoms with E-state index in [1.54, 1.807) is 19.1 Å². The predicted octanol–water partition coefficient (Wildman–Crippen LogP) is 1.89. The summed E-state index contributed by atoms with van der Waals surface area (Å²) in [6.07, 6.45) is 0. The summed E-state index contributed by atoms with van der Waals surface area (Å²) >= 11 is 0. The molecule has 0 radical (unpaired) electrons. The van der Waals surface area contributed by atoms with Gasteiger partial charge in [-0.2, -0.15) is 0 Å². The second-order valence-electron chi connectivity index (χ2n) is 2.50. The second kappa shape index (κ2) is 5.78. The lowest BCUT2D eigenvalue weighted by Crippen LogP contribution is -2.11. The van der Waals surface area contributed by atoms with Gasteiger partial charge in [0.15, 0.2) is 0 Å². The molecule has 0 fully saturated rings. The summed E-state index contributed by atoms with van der Waals surface area (Å²) in [5, 5.41) is 0. The van der Waals surface area contributed by atoms with Gasteiger partial charge in [0, 0.05) is 12.1 Å². The Labute approximate surface area is 83.3 Å². The normalized spacial score (nSPS) is 9.15. The molecule has 0 unspecified atom stereocenters. The number of benzene rings is 1. The van der Waals surface area contributed by atoms with E-state index in [0.29, 0.717) is 24.5 Å². The highest BCUT2D eigenvalue weighted by Crippen LogP contribution is 2.19. The van der Waals surface area contributed by atoms with Gasteiger partial charge in [0.1, 0.15) is 18.2 Å². The molecule has 0 amide bonds. The van der Waals surface area contributed by atoms with Gasteiger partial charge in [-0.05, 0) is 19.1 Å². The maximum absolute atomic E-state index is 12.9. The number of hydrogen-bond acceptors (Lipinski definition) is 2. The molecule has 13 heavy (non-hydrogen) atoms. The molecule has 0 saturated heterocycles. The van der Waals surface area contributed by atoms with Gasteiger partial charge in [-0.25, -0.2) is 4.39 Å². The Kier molecular flexibility index (Phi) is 5.42. The summed E-state index contributed by atoms with van der Waals surface area (Å²) in [4.78, 5) is 0. The van der Waals surface area contributed by atoms with Crippen molar-refractivity contribution in [2.45, 2.75) is 6.92 Å². The van der Waals surface area contributed by atoms with Crippen molar-refractivity contribution in [1.82, 2.24) is 0 Å². The smallest absolute Gasteiger partial charge is 0.129 e. The van der Waals surface area contributed by atoms with Crippen LogP contribution in [-0.2, 0) is 0 Å². The molecule has 0 aromatic heterocycles. The first-order valence-electron chi connectivity index (χ1n) is 3.83. The van der Waals surface area contributed by atoms with Crippen LogP contribution in [0.3, 0.4) is 0 Å². The molecule has 0 spiro atoms. The minimum atomic E-state index is -0.246. The average Bonchev–Trinajstić information content (AvgIpc) is 2.08. The first-order valence-corrected chi connectivity index (χ1v) is 3.83. The summed E-state index contributed by atoms with van der Waals surface area (Å²) in [7, 11) is 0. The van der Waals surface area contributed by atoms with E-state index in [1.165, 1.54) is 6.07 Å². The van der Waals surface area contributed by atoms with E-state index in [0.717, 1.165) is 0 Å². The molecule has 1 aromatic carbocycles. The molecule has 74 valence electrons. The number of ether oxygens (including phenoxy) is 1. The van der Waals surface area contributed by atoms with Crippen LogP contribution in [0.4, 0.5) is 4.39 Å². The molecule has 0 aliphatic carbocycles. The van der Waals surface area contributed by atoms with Crippen LogP contribution in [0.2, 0.25) is 0 Å². The summed E-state index contributed by atoms with van der Waals surface area (Å²) in [5.74, 6) is 0.324. The number of nitrogens with two attached hydrogens (primary N) is 1. The van der Waals surface area contributed by atoms with Crippen molar-refractivity contribution in [1.29, 1.82) is 0 Å². The van der Waals surface area contributed by atoms with Crippen molar-refractivity contribution in [2.75, 3.05) is 13.2 Å². The topological polar surface area (TPSA) is 35.2 Å². The van der Waals surface area contributed by atoms with Crippen LogP contribution in [0, 0.1) is 12.7 Å². The molecule has 1 rings (SSSR count). The van der Waals surface area contributed by atoms with Gasteiger partial charge in [-0.1, -0.05) is 6.07 Å². The van der Waals surface area contributed by atoms with Crippen LogP contribution < -0.4 is 10.5 Å². The molecular weight excluding hydrogens is 193 g/mol. The van der Waals surface area contributed by atoms with Gasteiger partial charge in [0.2, 0.25) is 0 Å². The third-order valence-electron chi connectivity index (χ3n) is 1.59. The zero-order valence-electron chi connectivity index (χ0n) is 7.42. The highest BCUT2D eigenvalue weighted by molar-refractivity contribution is 5.85. The molecule has 0 saturated carbocycles. The third kappa shape index (κ3) is 3.20. The Morgan fingerprint density at radius 2 is 2.15 bits per heavy atom. The fourth-order valence-electron chi connectivity index (χ4n) is 0.913. The Hall–Kier alpha value is -0.800. The Morgan fingerprint density at radius 1 is 1.46 bits per heavy atom. The number of hydrogen-bond donors (Lipinski definition) is 1. The molecule has 1 aromatic rings. The minimum absolute atomic E-state index is 0. The standard InChI is InChI=1S/C9H12FNO.ClH/c1-7-8(10)3-2-4-9(7)12-6-5-11;/h2-4H,5-6,11H2,1H3;1H. The Bertz CT molecular complexity index is 268. The lowest BCUT2D eigenvalue weighted by molar-refractivity contribution is 0.324. The summed E-state index contributed by atoms with van der Waals surface area (Å²) in [5.41, 5.74) is 5.78. The largest absolute Gasteiger partial charge is 0.492 e. The van der Waals surface area contributed by atoms with Crippen molar-refractivity contribution in [3.8, 4) is 5.75 Å². The fraction of sp³-hybridized carbons (Fsp3) is 0.333. The number of rotatable bonds is 3. The molecule has 0 atom stereocenters. The predicted molar refractivity (Wildman–Crippen MR) is 52.9 cm³/mol. The van der Waals surface area contributed by atoms with Gasteiger partial charge < -0.3 is 10.5 Å². The molecule has 0 aliphatic rings. The average molecular weight is 206 g/mol. The van der Waals surface area contributed by atoms with Crippen LogP contribution in [-0.4, -0.2) is 13.2 Å². The quantitative estimate of drug-likeness (QED) is 0.818. The maximum Gasteiger partial charge on any atom is 0.129 e. The van der Waals surface area contributed by atoms with Crippen molar-refractivity contribution >= 4 is 12.4 Å². The zero-order valence-corrected chi connectivity index (χ0v) is 8.23. The van der Waals surface area contributed by atoms with Gasteiger partial charge >= 0.3 is 0 Å². The lowest BCUT2D eigenvalue weighted by Gasteiger charge is -2.07.